The van der Waals surface area contributed by atoms with Gasteiger partial charge in [-0.25, -0.2) is 13.2 Å². The topological polar surface area (TPSA) is 142 Å². The fourth-order valence-electron chi connectivity index (χ4n) is 3.19. The predicted octanol–water partition coefficient (Wildman–Crippen LogP) is 2.67. The number of carbonyl (C=O) groups is 2. The third kappa shape index (κ3) is 4.83. The second-order valence-electron chi connectivity index (χ2n) is 6.90. The summed E-state index contributed by atoms with van der Waals surface area (Å²) in [7, 11) is -4.24. The number of carboxylic acid groups (broad SMARTS) is 1. The molecule has 0 radical (unpaired) electrons. The highest BCUT2D eigenvalue weighted by Crippen LogP contribution is 2.30. The van der Waals surface area contributed by atoms with Crippen molar-refractivity contribution in [2.75, 3.05) is 0 Å². The molecular weight excluding hydrogens is 430 g/mol. The Hall–Kier alpha value is -4.00. The molecule has 0 fully saturated rings. The van der Waals surface area contributed by atoms with Crippen molar-refractivity contribution in [1.82, 2.24) is 4.31 Å². The number of nitriles is 1. The van der Waals surface area contributed by atoms with Crippen LogP contribution in [0, 0.1) is 11.3 Å². The summed E-state index contributed by atoms with van der Waals surface area (Å²) in [6, 6.07) is 19.9. The Kier molecular flexibility index (Phi) is 6.68. The van der Waals surface area contributed by atoms with Gasteiger partial charge in [0.1, 0.15) is 6.04 Å². The van der Waals surface area contributed by atoms with Crippen molar-refractivity contribution in [2.45, 2.75) is 17.5 Å². The van der Waals surface area contributed by atoms with E-state index in [1.807, 2.05) is 6.07 Å². The van der Waals surface area contributed by atoms with Gasteiger partial charge in [0.05, 0.1) is 22.1 Å². The highest BCUT2D eigenvalue weighted by molar-refractivity contribution is 7.89. The SMILES string of the molecule is N#Cc1ccc(S(=O)(=O)N(Cc2ccc(C(=O)O)cc2)C(C(N)=O)c2ccccc2)cc1. The summed E-state index contributed by atoms with van der Waals surface area (Å²) in [5.41, 5.74) is 6.83. The van der Waals surface area contributed by atoms with E-state index in [-0.39, 0.29) is 22.6 Å². The molecule has 0 bridgehead atoms. The van der Waals surface area contributed by atoms with Crippen LogP contribution in [0.2, 0.25) is 0 Å². The lowest BCUT2D eigenvalue weighted by Crippen LogP contribution is -2.41. The average Bonchev–Trinajstić information content (AvgIpc) is 2.79. The zero-order valence-corrected chi connectivity index (χ0v) is 17.6. The fourth-order valence-corrected chi connectivity index (χ4v) is 4.77. The zero-order valence-electron chi connectivity index (χ0n) is 16.8. The van der Waals surface area contributed by atoms with Crippen LogP contribution in [0.5, 0.6) is 0 Å². The Morgan fingerprint density at radius 2 is 1.56 bits per heavy atom. The van der Waals surface area contributed by atoms with Crippen LogP contribution in [0.3, 0.4) is 0 Å². The minimum Gasteiger partial charge on any atom is -0.478 e. The van der Waals surface area contributed by atoms with Crippen LogP contribution in [0.15, 0.2) is 83.8 Å². The lowest BCUT2D eigenvalue weighted by Gasteiger charge is -2.29. The molecule has 32 heavy (non-hydrogen) atoms. The molecule has 162 valence electrons. The first kappa shape index (κ1) is 22.7. The Balaban J connectivity index is 2.11. The smallest absolute Gasteiger partial charge is 0.335 e. The van der Waals surface area contributed by atoms with Gasteiger partial charge in [0, 0.05) is 6.54 Å². The number of rotatable bonds is 8. The van der Waals surface area contributed by atoms with Crippen molar-refractivity contribution in [2.24, 2.45) is 5.73 Å². The average molecular weight is 449 g/mol. The van der Waals surface area contributed by atoms with E-state index in [1.165, 1.54) is 48.5 Å². The summed E-state index contributed by atoms with van der Waals surface area (Å²) in [6.45, 7) is -0.231. The number of nitrogens with zero attached hydrogens (tertiary/aromatic N) is 2. The van der Waals surface area contributed by atoms with Gasteiger partial charge in [-0.15, -0.1) is 0 Å². The van der Waals surface area contributed by atoms with Crippen molar-refractivity contribution in [3.05, 3.63) is 101 Å². The number of carbonyl (C=O) groups excluding carboxylic acids is 1. The maximum Gasteiger partial charge on any atom is 0.335 e. The second kappa shape index (κ2) is 9.43. The minimum absolute atomic E-state index is 0.0461. The van der Waals surface area contributed by atoms with E-state index < -0.39 is 27.9 Å². The summed E-state index contributed by atoms with van der Waals surface area (Å²) in [4.78, 5) is 23.5. The molecular formula is C23H19N3O5S. The van der Waals surface area contributed by atoms with Crippen LogP contribution in [0.25, 0.3) is 0 Å². The number of aromatic carboxylic acids is 1. The monoisotopic (exact) mass is 449 g/mol. The van der Waals surface area contributed by atoms with Crippen molar-refractivity contribution >= 4 is 21.9 Å². The second-order valence-corrected chi connectivity index (χ2v) is 8.79. The minimum atomic E-state index is -4.24. The molecule has 1 unspecified atom stereocenters. The van der Waals surface area contributed by atoms with E-state index in [9.17, 15) is 18.0 Å². The number of nitrogens with two attached hydrogens (primary N) is 1. The maximum absolute atomic E-state index is 13.6. The van der Waals surface area contributed by atoms with E-state index in [1.54, 1.807) is 30.3 Å². The number of amides is 1. The third-order valence-corrected chi connectivity index (χ3v) is 6.63. The van der Waals surface area contributed by atoms with Gasteiger partial charge in [0.25, 0.3) is 0 Å². The molecule has 9 heteroatoms. The molecule has 3 N–H and O–H groups in total. The Morgan fingerprint density at radius 1 is 0.969 bits per heavy atom. The summed E-state index contributed by atoms with van der Waals surface area (Å²) in [5.74, 6) is -1.98. The highest BCUT2D eigenvalue weighted by atomic mass is 32.2. The lowest BCUT2D eigenvalue weighted by atomic mass is 10.1. The summed E-state index contributed by atoms with van der Waals surface area (Å²) in [5, 5.41) is 18.1. The van der Waals surface area contributed by atoms with Crippen LogP contribution in [0.4, 0.5) is 0 Å². The van der Waals surface area contributed by atoms with Gasteiger partial charge in [-0.05, 0) is 47.5 Å². The van der Waals surface area contributed by atoms with E-state index in [0.29, 0.717) is 11.1 Å². The molecule has 8 nitrogen and oxygen atoms in total. The van der Waals surface area contributed by atoms with E-state index in [4.69, 9.17) is 16.1 Å². The predicted molar refractivity (Wildman–Crippen MR) is 116 cm³/mol. The number of sulfonamides is 1. The summed E-state index contributed by atoms with van der Waals surface area (Å²) < 4.78 is 28.1. The largest absolute Gasteiger partial charge is 0.478 e. The molecule has 0 heterocycles. The molecule has 3 aromatic carbocycles. The number of hydrogen-bond donors (Lipinski definition) is 2. The van der Waals surface area contributed by atoms with Crippen molar-refractivity contribution in [1.29, 1.82) is 5.26 Å². The maximum atomic E-state index is 13.6. The molecule has 0 aliphatic rings. The Morgan fingerprint density at radius 3 is 2.06 bits per heavy atom. The standard InChI is InChI=1S/C23H19N3O5S/c24-14-16-8-12-20(13-9-16)32(30,31)26(15-17-6-10-19(11-7-17)23(28)29)21(22(25)27)18-4-2-1-3-5-18/h1-13,21H,15H2,(H2,25,27)(H,28,29). The van der Waals surface area contributed by atoms with Crippen LogP contribution in [-0.2, 0) is 21.4 Å². The first-order valence-corrected chi connectivity index (χ1v) is 10.9. The molecule has 0 aliphatic carbocycles. The molecule has 1 amide bonds. The molecule has 0 saturated heterocycles. The Labute approximate surface area is 185 Å². The molecule has 0 aromatic heterocycles. The Bertz CT molecular complexity index is 1270. The molecule has 0 saturated carbocycles. The molecule has 0 aliphatic heterocycles. The van der Waals surface area contributed by atoms with Crippen molar-refractivity contribution in [3.8, 4) is 6.07 Å². The van der Waals surface area contributed by atoms with Gasteiger partial charge in [-0.2, -0.15) is 9.57 Å². The number of carboxylic acids is 1. The van der Waals surface area contributed by atoms with Gasteiger partial charge in [-0.3, -0.25) is 4.79 Å². The summed E-state index contributed by atoms with van der Waals surface area (Å²) >= 11 is 0. The third-order valence-electron chi connectivity index (χ3n) is 4.80. The van der Waals surface area contributed by atoms with Crippen LogP contribution in [0.1, 0.15) is 33.1 Å². The van der Waals surface area contributed by atoms with Crippen molar-refractivity contribution in [3.63, 3.8) is 0 Å². The van der Waals surface area contributed by atoms with E-state index >= 15 is 0 Å². The first-order chi connectivity index (χ1) is 15.2. The van der Waals surface area contributed by atoms with E-state index in [0.717, 1.165) is 4.31 Å². The van der Waals surface area contributed by atoms with Gasteiger partial charge in [0.15, 0.2) is 0 Å². The van der Waals surface area contributed by atoms with Crippen LogP contribution < -0.4 is 5.73 Å². The van der Waals surface area contributed by atoms with Crippen LogP contribution in [-0.4, -0.2) is 29.7 Å². The first-order valence-electron chi connectivity index (χ1n) is 9.42. The van der Waals surface area contributed by atoms with E-state index in [2.05, 4.69) is 0 Å². The fraction of sp³-hybridized carbons (Fsp3) is 0.0870. The van der Waals surface area contributed by atoms with Gasteiger partial charge in [-0.1, -0.05) is 42.5 Å². The molecule has 3 rings (SSSR count). The quantitative estimate of drug-likeness (QED) is 0.541. The normalized spacial score (nSPS) is 12.1. The number of benzene rings is 3. The van der Waals surface area contributed by atoms with Gasteiger partial charge >= 0.3 is 5.97 Å². The van der Waals surface area contributed by atoms with Gasteiger partial charge < -0.3 is 10.8 Å². The highest BCUT2D eigenvalue weighted by Gasteiger charge is 2.36. The summed E-state index contributed by atoms with van der Waals surface area (Å²) in [6.07, 6.45) is 0. The zero-order chi connectivity index (χ0) is 23.3. The molecule has 1 atom stereocenters. The van der Waals surface area contributed by atoms with Gasteiger partial charge in [0.2, 0.25) is 15.9 Å². The number of primary amides is 1. The number of hydrogen-bond acceptors (Lipinski definition) is 5. The van der Waals surface area contributed by atoms with Crippen LogP contribution >= 0.6 is 0 Å². The molecule has 3 aromatic rings. The molecule has 0 spiro atoms. The van der Waals surface area contributed by atoms with Crippen molar-refractivity contribution < 1.29 is 23.1 Å². The lowest BCUT2D eigenvalue weighted by molar-refractivity contribution is -0.122.